The average molecular weight is 358 g/mol. The number of piperazine rings is 1. The highest BCUT2D eigenvalue weighted by Gasteiger charge is 2.21. The van der Waals surface area contributed by atoms with Crippen LogP contribution in [-0.2, 0) is 13.6 Å². The minimum Gasteiger partial charge on any atom is -0.346 e. The molecule has 1 aromatic carbocycles. The van der Waals surface area contributed by atoms with Crippen molar-refractivity contribution in [3.05, 3.63) is 46.8 Å². The van der Waals surface area contributed by atoms with Crippen LogP contribution >= 0.6 is 12.2 Å². The predicted molar refractivity (Wildman–Crippen MR) is 107 cm³/mol. The van der Waals surface area contributed by atoms with E-state index >= 15 is 0 Å². The maximum atomic E-state index is 5.59. The molecule has 3 rings (SSSR count). The van der Waals surface area contributed by atoms with Crippen LogP contribution in [0.5, 0.6) is 0 Å². The maximum absolute atomic E-state index is 5.59. The molecule has 0 unspecified atom stereocenters. The van der Waals surface area contributed by atoms with E-state index in [1.54, 1.807) is 0 Å². The Morgan fingerprint density at radius 2 is 1.72 bits per heavy atom. The third-order valence-corrected chi connectivity index (χ3v) is 5.36. The second kappa shape index (κ2) is 7.54. The van der Waals surface area contributed by atoms with E-state index in [9.17, 15) is 0 Å². The quantitative estimate of drug-likeness (QED) is 0.855. The summed E-state index contributed by atoms with van der Waals surface area (Å²) < 4.78 is 1.97. The summed E-state index contributed by atoms with van der Waals surface area (Å²) >= 11 is 5.59. The van der Waals surface area contributed by atoms with Gasteiger partial charge in [0.15, 0.2) is 5.11 Å². The zero-order valence-electron chi connectivity index (χ0n) is 15.5. The molecule has 2 heterocycles. The van der Waals surface area contributed by atoms with Crippen LogP contribution in [0, 0.1) is 20.8 Å². The highest BCUT2D eigenvalue weighted by atomic mass is 32.1. The van der Waals surface area contributed by atoms with Gasteiger partial charge in [0.1, 0.15) is 0 Å². The summed E-state index contributed by atoms with van der Waals surface area (Å²) in [5.41, 5.74) is 6.07. The van der Waals surface area contributed by atoms with Gasteiger partial charge >= 0.3 is 0 Å². The molecule has 1 fully saturated rings. The number of hydrogen-bond donors (Lipinski definition) is 1. The molecule has 1 aliphatic heterocycles. The molecule has 1 saturated heterocycles. The molecule has 0 radical (unpaired) electrons. The fourth-order valence-corrected chi connectivity index (χ4v) is 3.52. The Kier molecular flexibility index (Phi) is 5.39. The fraction of sp³-hybridized carbons (Fsp3) is 0.474. The molecule has 0 atom stereocenters. The number of benzene rings is 1. The summed E-state index contributed by atoms with van der Waals surface area (Å²) in [5.74, 6) is 0. The van der Waals surface area contributed by atoms with Crippen LogP contribution in [0.3, 0.4) is 0 Å². The number of thiocarbonyl (C=S) groups is 1. The number of nitrogens with zero attached hydrogens (tertiary/aromatic N) is 4. The SMILES string of the molecule is Cc1ccc(NC(=S)N2CCN(Cc3c(C)nn(C)c3C)CC2)cc1. The van der Waals surface area contributed by atoms with E-state index in [4.69, 9.17) is 12.2 Å². The molecule has 1 N–H and O–H groups in total. The number of nitrogens with one attached hydrogen (secondary N) is 1. The molecule has 1 aromatic heterocycles. The summed E-state index contributed by atoms with van der Waals surface area (Å²) in [5, 5.41) is 8.69. The van der Waals surface area contributed by atoms with E-state index in [2.05, 4.69) is 65.3 Å². The number of aryl methyl sites for hydroxylation is 3. The van der Waals surface area contributed by atoms with Crippen LogP contribution in [0.2, 0.25) is 0 Å². The van der Waals surface area contributed by atoms with Crippen molar-refractivity contribution in [1.29, 1.82) is 0 Å². The molecule has 2 aromatic rings. The van der Waals surface area contributed by atoms with Crippen molar-refractivity contribution in [2.45, 2.75) is 27.3 Å². The lowest BCUT2D eigenvalue weighted by atomic mass is 10.1. The topological polar surface area (TPSA) is 36.3 Å². The van der Waals surface area contributed by atoms with Gasteiger partial charge in [-0.05, 0) is 45.1 Å². The number of rotatable bonds is 3. The van der Waals surface area contributed by atoms with Gasteiger partial charge in [-0.2, -0.15) is 5.10 Å². The lowest BCUT2D eigenvalue weighted by molar-refractivity contribution is 0.176. The minimum atomic E-state index is 0.817. The van der Waals surface area contributed by atoms with Gasteiger partial charge in [-0.1, -0.05) is 17.7 Å². The van der Waals surface area contributed by atoms with E-state index in [-0.39, 0.29) is 0 Å². The Morgan fingerprint density at radius 3 is 2.28 bits per heavy atom. The third-order valence-electron chi connectivity index (χ3n) is 5.00. The molecule has 25 heavy (non-hydrogen) atoms. The smallest absolute Gasteiger partial charge is 0.173 e. The van der Waals surface area contributed by atoms with Crippen molar-refractivity contribution in [3.8, 4) is 0 Å². The van der Waals surface area contributed by atoms with Gasteiger partial charge in [-0.25, -0.2) is 0 Å². The van der Waals surface area contributed by atoms with Crippen LogP contribution < -0.4 is 5.32 Å². The molecular formula is C19H27N5S. The lowest BCUT2D eigenvalue weighted by Crippen LogP contribution is -2.49. The molecule has 0 amide bonds. The zero-order valence-corrected chi connectivity index (χ0v) is 16.4. The fourth-order valence-electron chi connectivity index (χ4n) is 3.22. The first-order valence-corrected chi connectivity index (χ1v) is 9.19. The van der Waals surface area contributed by atoms with Crippen molar-refractivity contribution >= 4 is 23.0 Å². The van der Waals surface area contributed by atoms with E-state index in [1.807, 2.05) is 11.7 Å². The second-order valence-electron chi connectivity index (χ2n) is 6.83. The van der Waals surface area contributed by atoms with Gasteiger partial charge in [-0.15, -0.1) is 0 Å². The van der Waals surface area contributed by atoms with Gasteiger partial charge < -0.3 is 10.2 Å². The molecule has 0 saturated carbocycles. The molecule has 1 aliphatic rings. The largest absolute Gasteiger partial charge is 0.346 e. The van der Waals surface area contributed by atoms with E-state index in [0.29, 0.717) is 0 Å². The average Bonchev–Trinajstić information content (AvgIpc) is 2.84. The zero-order chi connectivity index (χ0) is 18.0. The highest BCUT2D eigenvalue weighted by molar-refractivity contribution is 7.80. The Morgan fingerprint density at radius 1 is 1.08 bits per heavy atom. The van der Waals surface area contributed by atoms with Crippen LogP contribution in [-0.4, -0.2) is 50.9 Å². The van der Waals surface area contributed by atoms with Gasteiger partial charge in [0.2, 0.25) is 0 Å². The maximum Gasteiger partial charge on any atom is 0.173 e. The van der Waals surface area contributed by atoms with Crippen molar-refractivity contribution in [1.82, 2.24) is 19.6 Å². The standard InChI is InChI=1S/C19H27N5S/c1-14-5-7-17(8-6-14)20-19(25)24-11-9-23(10-12-24)13-18-15(2)21-22(4)16(18)3/h5-8H,9-13H2,1-4H3,(H,20,25). The normalized spacial score (nSPS) is 15.4. The van der Waals surface area contributed by atoms with E-state index in [1.165, 1.54) is 16.8 Å². The van der Waals surface area contributed by atoms with Gasteiger partial charge in [0, 0.05) is 56.7 Å². The van der Waals surface area contributed by atoms with Gasteiger partial charge in [-0.3, -0.25) is 9.58 Å². The molecule has 0 bridgehead atoms. The van der Waals surface area contributed by atoms with Crippen molar-refractivity contribution in [2.24, 2.45) is 7.05 Å². The lowest BCUT2D eigenvalue weighted by Gasteiger charge is -2.36. The molecular weight excluding hydrogens is 330 g/mol. The van der Waals surface area contributed by atoms with Gasteiger partial charge in [0.25, 0.3) is 0 Å². The third kappa shape index (κ3) is 4.19. The second-order valence-corrected chi connectivity index (χ2v) is 7.22. The molecule has 0 aliphatic carbocycles. The Bertz CT molecular complexity index is 742. The van der Waals surface area contributed by atoms with Gasteiger partial charge in [0.05, 0.1) is 5.69 Å². The number of aromatic nitrogens is 2. The molecule has 134 valence electrons. The number of anilines is 1. The van der Waals surface area contributed by atoms with Crippen molar-refractivity contribution in [3.63, 3.8) is 0 Å². The Hall–Kier alpha value is -1.92. The Balaban J connectivity index is 1.53. The molecule has 0 spiro atoms. The summed E-state index contributed by atoms with van der Waals surface area (Å²) in [6.45, 7) is 11.2. The Labute approximate surface area is 155 Å². The first kappa shape index (κ1) is 17.9. The molecule has 6 heteroatoms. The summed E-state index contributed by atoms with van der Waals surface area (Å²) in [4.78, 5) is 4.75. The first-order chi connectivity index (χ1) is 11.9. The van der Waals surface area contributed by atoms with Crippen LogP contribution in [0.4, 0.5) is 5.69 Å². The van der Waals surface area contributed by atoms with Crippen molar-refractivity contribution in [2.75, 3.05) is 31.5 Å². The summed E-state index contributed by atoms with van der Waals surface area (Å²) in [7, 11) is 2.01. The van der Waals surface area contributed by atoms with E-state index < -0.39 is 0 Å². The molecule has 5 nitrogen and oxygen atoms in total. The number of hydrogen-bond acceptors (Lipinski definition) is 3. The minimum absolute atomic E-state index is 0.817. The highest BCUT2D eigenvalue weighted by Crippen LogP contribution is 2.17. The first-order valence-electron chi connectivity index (χ1n) is 8.78. The van der Waals surface area contributed by atoms with Crippen molar-refractivity contribution < 1.29 is 0 Å². The van der Waals surface area contributed by atoms with Crippen LogP contribution in [0.1, 0.15) is 22.5 Å². The summed E-state index contributed by atoms with van der Waals surface area (Å²) in [6, 6.07) is 8.35. The monoisotopic (exact) mass is 357 g/mol. The van der Waals surface area contributed by atoms with Crippen LogP contribution in [0.25, 0.3) is 0 Å². The van der Waals surface area contributed by atoms with Crippen LogP contribution in [0.15, 0.2) is 24.3 Å². The summed E-state index contributed by atoms with van der Waals surface area (Å²) in [6.07, 6.45) is 0. The predicted octanol–water partition coefficient (Wildman–Crippen LogP) is 2.86. The van der Waals surface area contributed by atoms with E-state index in [0.717, 1.165) is 49.2 Å².